The number of amides is 2. The van der Waals surface area contributed by atoms with E-state index in [0.29, 0.717) is 6.54 Å². The topological polar surface area (TPSA) is 72.6 Å². The van der Waals surface area contributed by atoms with Crippen LogP contribution in [0.1, 0.15) is 45.4 Å². The number of piperidine rings is 1. The van der Waals surface area contributed by atoms with Crippen LogP contribution in [0.3, 0.4) is 0 Å². The Morgan fingerprint density at radius 1 is 1.21 bits per heavy atom. The van der Waals surface area contributed by atoms with Crippen LogP contribution in [0.5, 0.6) is 0 Å². The van der Waals surface area contributed by atoms with Crippen LogP contribution in [-0.2, 0) is 14.3 Å². The molecule has 0 radical (unpaired) electrons. The highest BCUT2D eigenvalue weighted by Gasteiger charge is 2.31. The van der Waals surface area contributed by atoms with E-state index >= 15 is 0 Å². The lowest BCUT2D eigenvalue weighted by atomic mass is 9.93. The Labute approximate surface area is 114 Å². The van der Waals surface area contributed by atoms with Crippen molar-refractivity contribution in [3.8, 4) is 0 Å². The molecule has 2 fully saturated rings. The van der Waals surface area contributed by atoms with Crippen LogP contribution in [0, 0.1) is 5.92 Å². The van der Waals surface area contributed by atoms with Crippen molar-refractivity contribution in [2.45, 2.75) is 57.6 Å². The summed E-state index contributed by atoms with van der Waals surface area (Å²) in [5.74, 6) is -0.515. The molecule has 0 aromatic rings. The minimum absolute atomic E-state index is 0.00894. The second-order valence-corrected chi connectivity index (χ2v) is 5.79. The van der Waals surface area contributed by atoms with Gasteiger partial charge in [0.1, 0.15) is 6.61 Å². The monoisotopic (exact) mass is 268 g/mol. The van der Waals surface area contributed by atoms with Gasteiger partial charge in [0, 0.05) is 12.6 Å². The third-order valence-corrected chi connectivity index (χ3v) is 4.35. The largest absolute Gasteiger partial charge is 0.369 e. The van der Waals surface area contributed by atoms with E-state index in [1.165, 1.54) is 12.8 Å². The maximum Gasteiger partial charge on any atom is 0.248 e. The zero-order valence-corrected chi connectivity index (χ0v) is 11.6. The van der Waals surface area contributed by atoms with Crippen LogP contribution in [0.4, 0.5) is 0 Å². The summed E-state index contributed by atoms with van der Waals surface area (Å²) < 4.78 is 5.65. The standard InChI is InChI=1S/C14H24N2O3/c1-10-6-7-11(14(15)18)8-16(10)13(17)9-19-12-4-2-3-5-12/h10-12H,2-9H2,1H3,(H2,15,18)/t10-,11+/m0/s1. The third-order valence-electron chi connectivity index (χ3n) is 4.35. The average Bonchev–Trinajstić information content (AvgIpc) is 2.89. The molecule has 0 aromatic carbocycles. The van der Waals surface area contributed by atoms with E-state index in [9.17, 15) is 9.59 Å². The first-order valence-electron chi connectivity index (χ1n) is 7.28. The number of nitrogens with two attached hydrogens (primary N) is 1. The first-order chi connectivity index (χ1) is 9.08. The number of hydrogen-bond acceptors (Lipinski definition) is 3. The maximum atomic E-state index is 12.2. The molecule has 0 bridgehead atoms. The molecule has 1 aliphatic heterocycles. The Bertz CT molecular complexity index is 340. The number of rotatable bonds is 4. The van der Waals surface area contributed by atoms with Gasteiger partial charge in [-0.2, -0.15) is 0 Å². The molecule has 0 aromatic heterocycles. The van der Waals surface area contributed by atoms with Gasteiger partial charge >= 0.3 is 0 Å². The van der Waals surface area contributed by atoms with Gasteiger partial charge in [-0.05, 0) is 32.6 Å². The highest BCUT2D eigenvalue weighted by atomic mass is 16.5. The minimum atomic E-state index is -0.304. The summed E-state index contributed by atoms with van der Waals surface area (Å²) >= 11 is 0. The fourth-order valence-corrected chi connectivity index (χ4v) is 3.01. The van der Waals surface area contributed by atoms with Gasteiger partial charge < -0.3 is 15.4 Å². The lowest BCUT2D eigenvalue weighted by Crippen LogP contribution is -2.49. The Morgan fingerprint density at radius 2 is 1.89 bits per heavy atom. The molecule has 5 heteroatoms. The summed E-state index contributed by atoms with van der Waals surface area (Å²) in [6.07, 6.45) is 6.38. The molecule has 5 nitrogen and oxygen atoms in total. The van der Waals surface area contributed by atoms with Gasteiger partial charge in [0.25, 0.3) is 0 Å². The van der Waals surface area contributed by atoms with Crippen LogP contribution in [0.25, 0.3) is 0 Å². The van der Waals surface area contributed by atoms with Crippen molar-refractivity contribution in [1.29, 1.82) is 0 Å². The van der Waals surface area contributed by atoms with Crippen LogP contribution < -0.4 is 5.73 Å². The van der Waals surface area contributed by atoms with Crippen molar-refractivity contribution in [1.82, 2.24) is 4.90 Å². The molecular weight excluding hydrogens is 244 g/mol. The van der Waals surface area contributed by atoms with Gasteiger partial charge in [-0.3, -0.25) is 9.59 Å². The summed E-state index contributed by atoms with van der Waals surface area (Å²) in [7, 11) is 0. The number of carbonyl (C=O) groups excluding carboxylic acids is 2. The van der Waals surface area contributed by atoms with Crippen molar-refractivity contribution < 1.29 is 14.3 Å². The molecule has 2 atom stereocenters. The molecule has 2 amide bonds. The van der Waals surface area contributed by atoms with E-state index in [1.54, 1.807) is 4.90 Å². The lowest BCUT2D eigenvalue weighted by Gasteiger charge is -2.37. The highest BCUT2D eigenvalue weighted by Crippen LogP contribution is 2.23. The van der Waals surface area contributed by atoms with E-state index in [-0.39, 0.29) is 36.5 Å². The Hall–Kier alpha value is -1.10. The zero-order valence-electron chi connectivity index (χ0n) is 11.6. The first-order valence-corrected chi connectivity index (χ1v) is 7.28. The van der Waals surface area contributed by atoms with E-state index in [2.05, 4.69) is 0 Å². The number of carbonyl (C=O) groups is 2. The first kappa shape index (κ1) is 14.3. The number of ether oxygens (including phenoxy) is 1. The molecule has 1 heterocycles. The summed E-state index contributed by atoms with van der Waals surface area (Å²) in [5.41, 5.74) is 5.34. The quantitative estimate of drug-likeness (QED) is 0.828. The van der Waals surface area contributed by atoms with E-state index in [4.69, 9.17) is 10.5 Å². The second kappa shape index (κ2) is 6.37. The second-order valence-electron chi connectivity index (χ2n) is 5.79. The van der Waals surface area contributed by atoms with Gasteiger partial charge in [0.2, 0.25) is 11.8 Å². The molecule has 1 saturated heterocycles. The van der Waals surface area contributed by atoms with E-state index < -0.39 is 0 Å². The highest BCUT2D eigenvalue weighted by molar-refractivity contribution is 5.81. The van der Waals surface area contributed by atoms with Crippen molar-refractivity contribution in [3.05, 3.63) is 0 Å². The molecule has 0 spiro atoms. The normalized spacial score (nSPS) is 28.6. The Morgan fingerprint density at radius 3 is 2.53 bits per heavy atom. The van der Waals surface area contributed by atoms with Crippen LogP contribution in [0.2, 0.25) is 0 Å². The SMILES string of the molecule is C[C@H]1CC[C@@H](C(N)=O)CN1C(=O)COC1CCCC1. The van der Waals surface area contributed by atoms with Crippen molar-refractivity contribution in [2.24, 2.45) is 11.7 Å². The van der Waals surface area contributed by atoms with Gasteiger partial charge in [-0.1, -0.05) is 12.8 Å². The molecule has 2 N–H and O–H groups in total. The van der Waals surface area contributed by atoms with Gasteiger partial charge in [-0.15, -0.1) is 0 Å². The maximum absolute atomic E-state index is 12.2. The predicted octanol–water partition coefficient (Wildman–Crippen LogP) is 1.06. The molecule has 1 saturated carbocycles. The predicted molar refractivity (Wildman–Crippen MR) is 71.3 cm³/mol. The number of likely N-dealkylation sites (tertiary alicyclic amines) is 1. The van der Waals surface area contributed by atoms with Crippen molar-refractivity contribution in [2.75, 3.05) is 13.2 Å². The summed E-state index contributed by atoms with van der Waals surface area (Å²) in [6.45, 7) is 2.61. The van der Waals surface area contributed by atoms with Crippen molar-refractivity contribution in [3.63, 3.8) is 0 Å². The zero-order chi connectivity index (χ0) is 13.8. The number of nitrogens with zero attached hydrogens (tertiary/aromatic N) is 1. The number of hydrogen-bond donors (Lipinski definition) is 1. The Kier molecular flexibility index (Phi) is 4.80. The molecule has 108 valence electrons. The van der Waals surface area contributed by atoms with Gasteiger partial charge in [0.05, 0.1) is 12.0 Å². The molecule has 1 aliphatic carbocycles. The summed E-state index contributed by atoms with van der Waals surface area (Å²) in [5, 5.41) is 0. The smallest absolute Gasteiger partial charge is 0.248 e. The molecule has 19 heavy (non-hydrogen) atoms. The molecule has 2 rings (SSSR count). The molecular formula is C14H24N2O3. The van der Waals surface area contributed by atoms with Crippen LogP contribution in [-0.4, -0.2) is 42.0 Å². The van der Waals surface area contributed by atoms with Gasteiger partial charge in [-0.25, -0.2) is 0 Å². The van der Waals surface area contributed by atoms with E-state index in [0.717, 1.165) is 25.7 Å². The summed E-state index contributed by atoms with van der Waals surface area (Å²) in [6, 6.07) is 0.176. The van der Waals surface area contributed by atoms with Crippen molar-refractivity contribution >= 4 is 11.8 Å². The average molecular weight is 268 g/mol. The fourth-order valence-electron chi connectivity index (χ4n) is 3.01. The molecule has 2 aliphatic rings. The summed E-state index contributed by atoms with van der Waals surface area (Å²) in [4.78, 5) is 25.2. The molecule has 0 unspecified atom stereocenters. The lowest BCUT2D eigenvalue weighted by molar-refractivity contribution is -0.143. The number of primary amides is 1. The van der Waals surface area contributed by atoms with E-state index in [1.807, 2.05) is 6.92 Å². The van der Waals surface area contributed by atoms with Crippen LogP contribution in [0.15, 0.2) is 0 Å². The fraction of sp³-hybridized carbons (Fsp3) is 0.857. The third kappa shape index (κ3) is 3.69. The Balaban J connectivity index is 1.83. The van der Waals surface area contributed by atoms with Gasteiger partial charge in [0.15, 0.2) is 0 Å². The van der Waals surface area contributed by atoms with Crippen LogP contribution >= 0.6 is 0 Å². The minimum Gasteiger partial charge on any atom is -0.369 e.